The van der Waals surface area contributed by atoms with Crippen molar-refractivity contribution in [3.05, 3.63) is 28.7 Å². The van der Waals surface area contributed by atoms with Gasteiger partial charge in [-0.1, -0.05) is 13.0 Å². The Morgan fingerprint density at radius 1 is 1.75 bits per heavy atom. The van der Waals surface area contributed by atoms with E-state index in [0.717, 1.165) is 18.0 Å². The Kier molecular flexibility index (Phi) is 5.14. The molecule has 5 heteroatoms. The van der Waals surface area contributed by atoms with E-state index in [9.17, 15) is 4.79 Å². The van der Waals surface area contributed by atoms with Crippen LogP contribution in [-0.4, -0.2) is 28.9 Å². The van der Waals surface area contributed by atoms with Crippen LogP contribution >= 0.6 is 11.3 Å². The largest absolute Gasteiger partial charge is 0.334 e. The van der Waals surface area contributed by atoms with Crippen molar-refractivity contribution < 1.29 is 4.79 Å². The van der Waals surface area contributed by atoms with Gasteiger partial charge < -0.3 is 10.6 Å². The van der Waals surface area contributed by atoms with Gasteiger partial charge in [-0.3, -0.25) is 4.79 Å². The number of carbonyl (C=O) groups excluding carboxylic acids is 1. The third-order valence-corrected chi connectivity index (χ3v) is 2.95. The van der Waals surface area contributed by atoms with E-state index in [2.05, 4.69) is 11.6 Å². The summed E-state index contributed by atoms with van der Waals surface area (Å²) in [6, 6.07) is 0. The second-order valence-corrected chi connectivity index (χ2v) is 4.31. The van der Waals surface area contributed by atoms with Crippen molar-refractivity contribution in [2.45, 2.75) is 19.9 Å². The number of nitrogens with zero attached hydrogens (tertiary/aromatic N) is 2. The van der Waals surface area contributed by atoms with Crippen molar-refractivity contribution in [1.29, 1.82) is 0 Å². The molecular formula is C11H17N3OS. The number of hydrogen-bond donors (Lipinski definition) is 1. The van der Waals surface area contributed by atoms with Crippen LogP contribution in [0.2, 0.25) is 0 Å². The number of nitrogens with two attached hydrogens (primary N) is 1. The second kappa shape index (κ2) is 6.40. The van der Waals surface area contributed by atoms with Crippen molar-refractivity contribution in [2.24, 2.45) is 5.73 Å². The number of carbonyl (C=O) groups is 1. The lowest BCUT2D eigenvalue weighted by molar-refractivity contribution is 0.0769. The Hall–Kier alpha value is -1.20. The van der Waals surface area contributed by atoms with E-state index in [4.69, 9.17) is 5.73 Å². The highest BCUT2D eigenvalue weighted by molar-refractivity contribution is 7.09. The minimum atomic E-state index is -0.0438. The topological polar surface area (TPSA) is 59.2 Å². The highest BCUT2D eigenvalue weighted by Gasteiger charge is 2.16. The molecule has 0 saturated carbocycles. The summed E-state index contributed by atoms with van der Waals surface area (Å²) in [5.41, 5.74) is 5.95. The average molecular weight is 239 g/mol. The Balaban J connectivity index is 2.76. The van der Waals surface area contributed by atoms with E-state index < -0.39 is 0 Å². The number of aromatic nitrogens is 1. The van der Waals surface area contributed by atoms with Gasteiger partial charge in [0.2, 0.25) is 0 Å². The maximum absolute atomic E-state index is 12.0. The predicted octanol–water partition coefficient (Wildman–Crippen LogP) is 1.64. The van der Waals surface area contributed by atoms with E-state index in [-0.39, 0.29) is 5.91 Å². The molecule has 0 aliphatic carbocycles. The third kappa shape index (κ3) is 3.15. The van der Waals surface area contributed by atoms with Crippen LogP contribution in [0.4, 0.5) is 0 Å². The first-order valence-corrected chi connectivity index (χ1v) is 6.15. The van der Waals surface area contributed by atoms with Gasteiger partial charge in [-0.25, -0.2) is 4.98 Å². The van der Waals surface area contributed by atoms with Gasteiger partial charge in [0, 0.05) is 25.0 Å². The summed E-state index contributed by atoms with van der Waals surface area (Å²) in [5.74, 6) is -0.0438. The predicted molar refractivity (Wildman–Crippen MR) is 66.4 cm³/mol. The lowest BCUT2D eigenvalue weighted by atomic mass is 10.3. The van der Waals surface area contributed by atoms with E-state index in [1.165, 1.54) is 11.3 Å². The molecule has 1 rings (SSSR count). The first kappa shape index (κ1) is 12.9. The molecule has 0 fully saturated rings. The zero-order chi connectivity index (χ0) is 12.0. The summed E-state index contributed by atoms with van der Waals surface area (Å²) in [5, 5.41) is 2.55. The fourth-order valence-electron chi connectivity index (χ4n) is 1.37. The molecule has 0 saturated heterocycles. The Labute approximate surface area is 99.8 Å². The summed E-state index contributed by atoms with van der Waals surface area (Å²) < 4.78 is 0. The van der Waals surface area contributed by atoms with Crippen LogP contribution < -0.4 is 5.73 Å². The minimum Gasteiger partial charge on any atom is -0.334 e. The number of hydrogen-bond acceptors (Lipinski definition) is 4. The van der Waals surface area contributed by atoms with Crippen LogP contribution in [0.5, 0.6) is 0 Å². The molecule has 1 amide bonds. The molecule has 1 aromatic rings. The van der Waals surface area contributed by atoms with Gasteiger partial charge in [0.05, 0.1) is 0 Å². The molecule has 0 bridgehead atoms. The summed E-state index contributed by atoms with van der Waals surface area (Å²) in [4.78, 5) is 18.0. The van der Waals surface area contributed by atoms with E-state index in [0.29, 0.717) is 18.8 Å². The number of rotatable bonds is 6. The van der Waals surface area contributed by atoms with Crippen LogP contribution in [0.3, 0.4) is 0 Å². The Bertz CT molecular complexity index is 362. The van der Waals surface area contributed by atoms with Gasteiger partial charge in [-0.05, 0) is 6.42 Å². The van der Waals surface area contributed by atoms with E-state index in [1.54, 1.807) is 16.4 Å². The van der Waals surface area contributed by atoms with Crippen LogP contribution in [0.15, 0.2) is 18.0 Å². The summed E-state index contributed by atoms with van der Waals surface area (Å²) in [6.07, 6.45) is 2.65. The summed E-state index contributed by atoms with van der Waals surface area (Å²) >= 11 is 1.42. The molecule has 88 valence electrons. The van der Waals surface area contributed by atoms with Crippen molar-refractivity contribution in [3.63, 3.8) is 0 Å². The van der Waals surface area contributed by atoms with Crippen molar-refractivity contribution in [3.8, 4) is 0 Å². The van der Waals surface area contributed by atoms with E-state index in [1.807, 2.05) is 6.92 Å². The molecule has 1 heterocycles. The molecule has 4 nitrogen and oxygen atoms in total. The van der Waals surface area contributed by atoms with Crippen LogP contribution in [0.25, 0.3) is 0 Å². The van der Waals surface area contributed by atoms with Gasteiger partial charge in [-0.15, -0.1) is 17.9 Å². The van der Waals surface area contributed by atoms with Crippen molar-refractivity contribution >= 4 is 17.2 Å². The Morgan fingerprint density at radius 2 is 2.50 bits per heavy atom. The molecule has 0 atom stereocenters. The maximum Gasteiger partial charge on any atom is 0.273 e. The molecule has 0 radical (unpaired) electrons. The smallest absolute Gasteiger partial charge is 0.273 e. The monoisotopic (exact) mass is 239 g/mol. The van der Waals surface area contributed by atoms with Crippen LogP contribution in [-0.2, 0) is 6.54 Å². The zero-order valence-corrected chi connectivity index (χ0v) is 10.3. The summed E-state index contributed by atoms with van der Waals surface area (Å²) in [7, 11) is 0. The van der Waals surface area contributed by atoms with Crippen LogP contribution in [0, 0.1) is 0 Å². The van der Waals surface area contributed by atoms with Gasteiger partial charge >= 0.3 is 0 Å². The van der Waals surface area contributed by atoms with Crippen molar-refractivity contribution in [1.82, 2.24) is 9.88 Å². The third-order valence-electron chi connectivity index (χ3n) is 2.08. The standard InChI is InChI=1S/C11H17N3OS/c1-3-5-14(6-4-2)11(15)9-8-16-10(7-12)13-9/h3,8H,1,4-7,12H2,2H3. The zero-order valence-electron chi connectivity index (χ0n) is 9.48. The van der Waals surface area contributed by atoms with E-state index >= 15 is 0 Å². The molecule has 0 unspecified atom stereocenters. The van der Waals surface area contributed by atoms with Crippen molar-refractivity contribution in [2.75, 3.05) is 13.1 Å². The number of thiazole rings is 1. The van der Waals surface area contributed by atoms with Gasteiger partial charge in [0.25, 0.3) is 5.91 Å². The fraction of sp³-hybridized carbons (Fsp3) is 0.455. The fourth-order valence-corrected chi connectivity index (χ4v) is 2.01. The normalized spacial score (nSPS) is 10.1. The maximum atomic E-state index is 12.0. The molecular weight excluding hydrogens is 222 g/mol. The molecule has 0 aromatic carbocycles. The lowest BCUT2D eigenvalue weighted by Gasteiger charge is -2.18. The molecule has 0 aliphatic rings. The second-order valence-electron chi connectivity index (χ2n) is 3.37. The lowest BCUT2D eigenvalue weighted by Crippen LogP contribution is -2.32. The molecule has 16 heavy (non-hydrogen) atoms. The van der Waals surface area contributed by atoms with Crippen LogP contribution in [0.1, 0.15) is 28.8 Å². The Morgan fingerprint density at radius 3 is 3.00 bits per heavy atom. The SMILES string of the molecule is C=CCN(CCC)C(=O)c1csc(CN)n1. The average Bonchev–Trinajstić information content (AvgIpc) is 2.76. The highest BCUT2D eigenvalue weighted by Crippen LogP contribution is 2.11. The van der Waals surface area contributed by atoms with Gasteiger partial charge in [0.15, 0.2) is 0 Å². The highest BCUT2D eigenvalue weighted by atomic mass is 32.1. The summed E-state index contributed by atoms with van der Waals surface area (Å²) in [6.45, 7) is 7.35. The minimum absolute atomic E-state index is 0.0438. The van der Waals surface area contributed by atoms with Gasteiger partial charge in [0.1, 0.15) is 10.7 Å². The number of amides is 1. The first-order valence-electron chi connectivity index (χ1n) is 5.27. The molecule has 0 aliphatic heterocycles. The van der Waals surface area contributed by atoms with Gasteiger partial charge in [-0.2, -0.15) is 0 Å². The molecule has 2 N–H and O–H groups in total. The molecule has 1 aromatic heterocycles. The quantitative estimate of drug-likeness (QED) is 0.768. The molecule has 0 spiro atoms. The first-order chi connectivity index (χ1) is 7.72.